The number of hydrogen-bond donors (Lipinski definition) is 0. The van der Waals surface area contributed by atoms with Gasteiger partial charge in [0, 0.05) is 0 Å². The molecule has 0 aliphatic rings. The van der Waals surface area contributed by atoms with Crippen LogP contribution in [0.4, 0.5) is 0 Å². The molecule has 0 aliphatic carbocycles. The van der Waals surface area contributed by atoms with E-state index in [2.05, 4.69) is 32.4 Å². The maximum Gasteiger partial charge on any atom is -0.0320 e. The van der Waals surface area contributed by atoms with E-state index in [-0.39, 0.29) is 0 Å². The number of hydrogen-bond acceptors (Lipinski definition) is 0. The molecule has 53 valence electrons. The van der Waals surface area contributed by atoms with Crippen molar-refractivity contribution in [2.75, 3.05) is 0 Å². The van der Waals surface area contributed by atoms with Crippen molar-refractivity contribution in [2.45, 2.75) is 39.5 Å². The lowest BCUT2D eigenvalue weighted by Gasteiger charge is -1.86. The third-order valence-electron chi connectivity index (χ3n) is 1.21. The van der Waals surface area contributed by atoms with Crippen LogP contribution in [0.2, 0.25) is 0 Å². The fraction of sp³-hybridized carbons (Fsp3) is 0.667. The van der Waals surface area contributed by atoms with Gasteiger partial charge in [0.25, 0.3) is 0 Å². The third-order valence-corrected chi connectivity index (χ3v) is 1.21. The molecule has 0 nitrogen and oxygen atoms in total. The van der Waals surface area contributed by atoms with Gasteiger partial charge in [0.15, 0.2) is 0 Å². The Bertz CT molecular complexity index is 62.4. The molecule has 0 saturated carbocycles. The Hall–Kier alpha value is -0.260. The van der Waals surface area contributed by atoms with E-state index in [4.69, 9.17) is 0 Å². The first-order valence-electron chi connectivity index (χ1n) is 3.88. The largest absolute Gasteiger partial charge is 0.0885 e. The molecule has 0 atom stereocenters. The zero-order chi connectivity index (χ0) is 6.95. The smallest absolute Gasteiger partial charge is 0.0320 e. The summed E-state index contributed by atoms with van der Waals surface area (Å²) in [4.78, 5) is 0. The zero-order valence-electron chi connectivity index (χ0n) is 6.56. The minimum atomic E-state index is 1.15. The zero-order valence-corrected chi connectivity index (χ0v) is 6.56. The Balaban J connectivity index is 2.86. The maximum atomic E-state index is 2.28. The summed E-state index contributed by atoms with van der Waals surface area (Å²) in [6.45, 7) is 4.38. The summed E-state index contributed by atoms with van der Waals surface area (Å²) >= 11 is 0. The Labute approximate surface area is 59.0 Å². The lowest BCUT2D eigenvalue weighted by atomic mass is 10.2. The topological polar surface area (TPSA) is 0 Å². The van der Waals surface area contributed by atoms with Crippen LogP contribution in [0.5, 0.6) is 0 Å². The molecule has 0 unspecified atom stereocenters. The highest BCUT2D eigenvalue weighted by Gasteiger charge is 1.76. The van der Waals surface area contributed by atoms with E-state index < -0.39 is 0 Å². The average Bonchev–Trinajstić information content (AvgIpc) is 1.89. The molecule has 0 aromatic heterocycles. The molecule has 0 fully saturated rings. The van der Waals surface area contributed by atoms with Gasteiger partial charge in [-0.05, 0) is 19.3 Å². The lowest BCUT2D eigenvalue weighted by Crippen LogP contribution is -1.68. The Kier molecular flexibility index (Phi) is 7.52. The molecule has 0 N–H and O–H groups in total. The van der Waals surface area contributed by atoms with Crippen molar-refractivity contribution in [2.24, 2.45) is 0 Å². The van der Waals surface area contributed by atoms with Crippen LogP contribution >= 0.6 is 0 Å². The number of allylic oxidation sites excluding steroid dienone is 2. The van der Waals surface area contributed by atoms with Crippen LogP contribution in [-0.4, -0.2) is 0 Å². The second-order valence-corrected chi connectivity index (χ2v) is 2.19. The third kappa shape index (κ3) is 7.74. The van der Waals surface area contributed by atoms with Gasteiger partial charge in [-0.25, -0.2) is 0 Å². The predicted octanol–water partition coefficient (Wildman–Crippen LogP) is 3.35. The van der Waals surface area contributed by atoms with Crippen molar-refractivity contribution < 1.29 is 0 Å². The van der Waals surface area contributed by atoms with Crippen LogP contribution < -0.4 is 0 Å². The molecular weight excluding hydrogens is 108 g/mol. The molecule has 0 saturated heterocycles. The quantitative estimate of drug-likeness (QED) is 0.390. The summed E-state index contributed by atoms with van der Waals surface area (Å²) in [6.07, 6.45) is 11.6. The first-order valence-corrected chi connectivity index (χ1v) is 3.88. The summed E-state index contributed by atoms with van der Waals surface area (Å²) < 4.78 is 0. The van der Waals surface area contributed by atoms with Gasteiger partial charge < -0.3 is 0 Å². The molecule has 0 aromatic rings. The number of unbranched alkanes of at least 4 members (excludes halogenated alkanes) is 3. The summed E-state index contributed by atoms with van der Waals surface area (Å²) in [5, 5.41) is 0. The van der Waals surface area contributed by atoms with Crippen LogP contribution in [0.1, 0.15) is 39.5 Å². The van der Waals surface area contributed by atoms with Crippen LogP contribution in [0.15, 0.2) is 12.2 Å². The number of rotatable bonds is 5. The lowest BCUT2D eigenvalue weighted by molar-refractivity contribution is 0.946. The highest BCUT2D eigenvalue weighted by molar-refractivity contribution is 4.85. The van der Waals surface area contributed by atoms with Gasteiger partial charge in [0.05, 0.1) is 0 Å². The van der Waals surface area contributed by atoms with Crippen LogP contribution in [0, 0.1) is 6.42 Å². The van der Waals surface area contributed by atoms with E-state index in [0.717, 1.165) is 6.42 Å². The molecule has 0 aromatic carbocycles. The molecule has 0 heteroatoms. The predicted molar refractivity (Wildman–Crippen MR) is 43.3 cm³/mol. The van der Waals surface area contributed by atoms with E-state index in [0.29, 0.717) is 0 Å². The Morgan fingerprint density at radius 3 is 2.44 bits per heavy atom. The van der Waals surface area contributed by atoms with Crippen molar-refractivity contribution >= 4 is 0 Å². The second kappa shape index (κ2) is 7.74. The fourth-order valence-electron chi connectivity index (χ4n) is 0.644. The summed E-state index contributed by atoms with van der Waals surface area (Å²) in [7, 11) is 0. The van der Waals surface area contributed by atoms with Gasteiger partial charge in [-0.2, -0.15) is 0 Å². The van der Waals surface area contributed by atoms with E-state index in [9.17, 15) is 0 Å². The van der Waals surface area contributed by atoms with Crippen molar-refractivity contribution in [1.82, 2.24) is 0 Å². The van der Waals surface area contributed by atoms with Gasteiger partial charge in [-0.3, -0.25) is 0 Å². The molecule has 0 rings (SSSR count). The van der Waals surface area contributed by atoms with E-state index in [1.807, 2.05) is 0 Å². The van der Waals surface area contributed by atoms with Crippen molar-refractivity contribution in [3.63, 3.8) is 0 Å². The first-order chi connectivity index (χ1) is 4.41. The van der Waals surface area contributed by atoms with Crippen molar-refractivity contribution in [3.05, 3.63) is 18.6 Å². The van der Waals surface area contributed by atoms with Gasteiger partial charge >= 0.3 is 0 Å². The van der Waals surface area contributed by atoms with Gasteiger partial charge in [0.1, 0.15) is 0 Å². The molecule has 9 heavy (non-hydrogen) atoms. The highest BCUT2D eigenvalue weighted by Crippen LogP contribution is 1.95. The normalized spacial score (nSPS) is 10.9. The Morgan fingerprint density at radius 2 is 1.89 bits per heavy atom. The summed E-state index contributed by atoms with van der Waals surface area (Å²) in [6, 6.07) is 0. The van der Waals surface area contributed by atoms with Gasteiger partial charge in [-0.1, -0.05) is 38.8 Å². The van der Waals surface area contributed by atoms with Crippen LogP contribution in [-0.2, 0) is 0 Å². The van der Waals surface area contributed by atoms with Gasteiger partial charge in [-0.15, -0.1) is 0 Å². The molecule has 0 aliphatic heterocycles. The summed E-state index contributed by atoms with van der Waals surface area (Å²) in [5.74, 6) is 0. The van der Waals surface area contributed by atoms with Crippen LogP contribution in [0.3, 0.4) is 0 Å². The minimum absolute atomic E-state index is 1.15. The monoisotopic (exact) mass is 125 g/mol. The van der Waals surface area contributed by atoms with Crippen molar-refractivity contribution in [1.29, 1.82) is 0 Å². The molecule has 0 amide bonds. The highest BCUT2D eigenvalue weighted by atomic mass is 13.8. The standard InChI is InChI=1S/C9H17/c1-3-5-7-9-8-6-4-2/h5,8-9H,3-4,6-7H2,1-2H3. The van der Waals surface area contributed by atoms with E-state index in [1.54, 1.807) is 0 Å². The van der Waals surface area contributed by atoms with Gasteiger partial charge in [0.2, 0.25) is 0 Å². The van der Waals surface area contributed by atoms with Crippen LogP contribution in [0.25, 0.3) is 0 Å². The second-order valence-electron chi connectivity index (χ2n) is 2.19. The van der Waals surface area contributed by atoms with E-state index >= 15 is 0 Å². The van der Waals surface area contributed by atoms with Crippen molar-refractivity contribution in [3.8, 4) is 0 Å². The molecule has 0 heterocycles. The maximum absolute atomic E-state index is 2.28. The fourth-order valence-corrected chi connectivity index (χ4v) is 0.644. The molecule has 0 spiro atoms. The molecule has 1 radical (unpaired) electrons. The Morgan fingerprint density at radius 1 is 1.11 bits per heavy atom. The minimum Gasteiger partial charge on any atom is -0.0885 e. The molecule has 0 bridgehead atoms. The first kappa shape index (κ1) is 8.74. The SMILES string of the molecule is CC[CH]CC=CCCC. The van der Waals surface area contributed by atoms with E-state index in [1.165, 1.54) is 19.3 Å². The molecular formula is C9H17. The summed E-state index contributed by atoms with van der Waals surface area (Å²) in [5.41, 5.74) is 0. The average molecular weight is 125 g/mol.